The second kappa shape index (κ2) is 6.89. The van der Waals surface area contributed by atoms with Crippen molar-refractivity contribution in [2.75, 3.05) is 31.1 Å². The maximum absolute atomic E-state index is 12.4. The molecule has 4 nitrogen and oxygen atoms in total. The van der Waals surface area contributed by atoms with Gasteiger partial charge in [0.1, 0.15) is 5.01 Å². The molecular weight excluding hydrogens is 330 g/mol. The molecule has 0 saturated carbocycles. The highest BCUT2D eigenvalue weighted by Crippen LogP contribution is 2.23. The summed E-state index contributed by atoms with van der Waals surface area (Å²) in [6.45, 7) is 7.24. The van der Waals surface area contributed by atoms with Gasteiger partial charge >= 0.3 is 0 Å². The van der Waals surface area contributed by atoms with Crippen LogP contribution in [0.3, 0.4) is 0 Å². The van der Waals surface area contributed by atoms with Gasteiger partial charge in [0.15, 0.2) is 0 Å². The van der Waals surface area contributed by atoms with Gasteiger partial charge in [-0.1, -0.05) is 11.6 Å². The molecular formula is C17H20ClN3OS. The van der Waals surface area contributed by atoms with E-state index in [4.69, 9.17) is 11.6 Å². The smallest absolute Gasteiger partial charge is 0.229 e. The van der Waals surface area contributed by atoms with Gasteiger partial charge in [-0.15, -0.1) is 11.3 Å². The quantitative estimate of drug-likeness (QED) is 0.853. The lowest BCUT2D eigenvalue weighted by Crippen LogP contribution is -2.49. The number of benzene rings is 1. The van der Waals surface area contributed by atoms with Gasteiger partial charge in [0, 0.05) is 48.0 Å². The number of carbonyl (C=O) groups is 1. The summed E-state index contributed by atoms with van der Waals surface area (Å²) in [5.74, 6) is 0.172. The highest BCUT2D eigenvalue weighted by molar-refractivity contribution is 7.11. The number of anilines is 1. The molecule has 1 saturated heterocycles. The van der Waals surface area contributed by atoms with Crippen LogP contribution in [0.25, 0.3) is 0 Å². The van der Waals surface area contributed by atoms with E-state index in [1.54, 1.807) is 11.3 Å². The Bertz CT molecular complexity index is 708. The summed E-state index contributed by atoms with van der Waals surface area (Å²) in [7, 11) is 0. The van der Waals surface area contributed by atoms with E-state index < -0.39 is 0 Å². The summed E-state index contributed by atoms with van der Waals surface area (Å²) in [5.41, 5.74) is 2.26. The first kappa shape index (κ1) is 16.3. The molecule has 6 heteroatoms. The number of piperazine rings is 1. The van der Waals surface area contributed by atoms with E-state index in [1.807, 2.05) is 37.1 Å². The number of nitrogens with zero attached hydrogens (tertiary/aromatic N) is 3. The van der Waals surface area contributed by atoms with Gasteiger partial charge in [-0.3, -0.25) is 4.79 Å². The van der Waals surface area contributed by atoms with Crippen molar-refractivity contribution in [3.05, 3.63) is 44.9 Å². The second-order valence-corrected chi connectivity index (χ2v) is 7.57. The molecule has 122 valence electrons. The molecule has 0 unspecified atom stereocenters. The zero-order valence-corrected chi connectivity index (χ0v) is 15.0. The Balaban J connectivity index is 1.57. The van der Waals surface area contributed by atoms with Gasteiger partial charge in [0.2, 0.25) is 5.91 Å². The Morgan fingerprint density at radius 3 is 2.61 bits per heavy atom. The van der Waals surface area contributed by atoms with Gasteiger partial charge in [-0.25, -0.2) is 4.98 Å². The average Bonchev–Trinajstić information content (AvgIpc) is 2.95. The van der Waals surface area contributed by atoms with E-state index in [2.05, 4.69) is 16.0 Å². The van der Waals surface area contributed by atoms with Crippen molar-refractivity contribution >= 4 is 34.5 Å². The summed E-state index contributed by atoms with van der Waals surface area (Å²) in [4.78, 5) is 22.1. The van der Waals surface area contributed by atoms with Crippen LogP contribution < -0.4 is 4.90 Å². The molecule has 2 heterocycles. The third-order valence-corrected chi connectivity index (χ3v) is 5.45. The minimum atomic E-state index is 0.172. The topological polar surface area (TPSA) is 36.4 Å². The maximum atomic E-state index is 12.4. The van der Waals surface area contributed by atoms with Crippen LogP contribution in [0.1, 0.15) is 15.4 Å². The van der Waals surface area contributed by atoms with Crippen molar-refractivity contribution in [2.24, 2.45) is 0 Å². The molecule has 1 aliphatic heterocycles. The number of hydrogen-bond donors (Lipinski definition) is 0. The Kier molecular flexibility index (Phi) is 4.87. The molecule has 23 heavy (non-hydrogen) atoms. The highest BCUT2D eigenvalue weighted by atomic mass is 35.5. The van der Waals surface area contributed by atoms with E-state index in [0.717, 1.165) is 46.6 Å². The molecule has 3 rings (SSSR count). The van der Waals surface area contributed by atoms with Gasteiger partial charge in [-0.05, 0) is 37.6 Å². The molecule has 0 bridgehead atoms. The first-order valence-electron chi connectivity index (χ1n) is 7.73. The van der Waals surface area contributed by atoms with Gasteiger partial charge in [-0.2, -0.15) is 0 Å². The second-order valence-electron chi connectivity index (χ2n) is 5.84. The Morgan fingerprint density at radius 2 is 2.00 bits per heavy atom. The fourth-order valence-electron chi connectivity index (χ4n) is 2.76. The molecule has 0 atom stereocenters. The largest absolute Gasteiger partial charge is 0.368 e. The van der Waals surface area contributed by atoms with Crippen LogP contribution in [-0.4, -0.2) is 42.0 Å². The summed E-state index contributed by atoms with van der Waals surface area (Å²) in [6.07, 6.45) is 2.24. The third kappa shape index (κ3) is 3.85. The minimum Gasteiger partial charge on any atom is -0.368 e. The fourth-order valence-corrected chi connectivity index (χ4v) is 3.66. The molecule has 1 aromatic carbocycles. The number of aromatic nitrogens is 1. The monoisotopic (exact) mass is 349 g/mol. The summed E-state index contributed by atoms with van der Waals surface area (Å²) < 4.78 is 0. The van der Waals surface area contributed by atoms with Crippen LogP contribution in [0.4, 0.5) is 5.69 Å². The minimum absolute atomic E-state index is 0.172. The molecule has 0 radical (unpaired) electrons. The van der Waals surface area contributed by atoms with Crippen LogP contribution in [0.2, 0.25) is 5.02 Å². The predicted molar refractivity (Wildman–Crippen MR) is 95.5 cm³/mol. The van der Waals surface area contributed by atoms with Crippen LogP contribution in [0.5, 0.6) is 0 Å². The van der Waals surface area contributed by atoms with Crippen molar-refractivity contribution in [1.29, 1.82) is 0 Å². The van der Waals surface area contributed by atoms with Crippen LogP contribution >= 0.6 is 22.9 Å². The van der Waals surface area contributed by atoms with Gasteiger partial charge < -0.3 is 9.80 Å². The Labute approximate surface area is 145 Å². The van der Waals surface area contributed by atoms with E-state index in [-0.39, 0.29) is 5.91 Å². The summed E-state index contributed by atoms with van der Waals surface area (Å²) in [6, 6.07) is 6.10. The van der Waals surface area contributed by atoms with Crippen molar-refractivity contribution in [3.63, 3.8) is 0 Å². The number of rotatable bonds is 3. The van der Waals surface area contributed by atoms with Crippen LogP contribution in [-0.2, 0) is 11.2 Å². The normalized spacial score (nSPS) is 15.1. The number of aryl methyl sites for hydroxylation is 2. The van der Waals surface area contributed by atoms with Crippen molar-refractivity contribution in [2.45, 2.75) is 20.3 Å². The lowest BCUT2D eigenvalue weighted by atomic mass is 10.2. The van der Waals surface area contributed by atoms with Crippen LogP contribution in [0, 0.1) is 13.8 Å². The van der Waals surface area contributed by atoms with E-state index in [0.29, 0.717) is 6.42 Å². The van der Waals surface area contributed by atoms with Crippen molar-refractivity contribution < 1.29 is 4.79 Å². The molecule has 0 N–H and O–H groups in total. The number of thiazole rings is 1. The highest BCUT2D eigenvalue weighted by Gasteiger charge is 2.22. The maximum Gasteiger partial charge on any atom is 0.229 e. The summed E-state index contributed by atoms with van der Waals surface area (Å²) in [5, 5.41) is 1.70. The van der Waals surface area contributed by atoms with Crippen LogP contribution in [0.15, 0.2) is 24.4 Å². The molecule has 2 aromatic rings. The summed E-state index contributed by atoms with van der Waals surface area (Å²) >= 11 is 7.69. The zero-order chi connectivity index (χ0) is 16.4. The molecule has 0 aliphatic carbocycles. The fraction of sp³-hybridized carbons (Fsp3) is 0.412. The SMILES string of the molecule is Cc1cnc(CC(=O)N2CCN(c3ccc(Cl)c(C)c3)CC2)s1. The van der Waals surface area contributed by atoms with E-state index >= 15 is 0 Å². The van der Waals surface area contributed by atoms with Gasteiger partial charge in [0.05, 0.1) is 6.42 Å². The first-order valence-corrected chi connectivity index (χ1v) is 8.92. The molecule has 1 aliphatic rings. The zero-order valence-electron chi connectivity index (χ0n) is 13.4. The van der Waals surface area contributed by atoms with E-state index in [1.165, 1.54) is 5.69 Å². The third-order valence-electron chi connectivity index (χ3n) is 4.11. The van der Waals surface area contributed by atoms with Gasteiger partial charge in [0.25, 0.3) is 0 Å². The lowest BCUT2D eigenvalue weighted by molar-refractivity contribution is -0.130. The Hall–Kier alpha value is -1.59. The molecule has 1 fully saturated rings. The number of hydrogen-bond acceptors (Lipinski definition) is 4. The van der Waals surface area contributed by atoms with E-state index in [9.17, 15) is 4.79 Å². The van der Waals surface area contributed by atoms with Crippen molar-refractivity contribution in [3.8, 4) is 0 Å². The average molecular weight is 350 g/mol. The predicted octanol–water partition coefficient (Wildman–Crippen LogP) is 3.30. The molecule has 0 spiro atoms. The molecule has 1 aromatic heterocycles. The number of carbonyl (C=O) groups excluding carboxylic acids is 1. The standard InChI is InChI=1S/C17H20ClN3OS/c1-12-9-14(3-4-15(12)18)20-5-7-21(8-6-20)17(22)10-16-19-11-13(2)23-16/h3-4,9,11H,5-8,10H2,1-2H3. The number of amides is 1. The van der Waals surface area contributed by atoms with Crippen molar-refractivity contribution in [1.82, 2.24) is 9.88 Å². The first-order chi connectivity index (χ1) is 11.0. The lowest BCUT2D eigenvalue weighted by Gasteiger charge is -2.36. The Morgan fingerprint density at radius 1 is 1.26 bits per heavy atom. The number of halogens is 1. The molecule has 1 amide bonds.